The molecule has 0 aliphatic carbocycles. The Labute approximate surface area is 84.9 Å². The molecule has 0 saturated carbocycles. The van der Waals surface area contributed by atoms with Crippen molar-refractivity contribution in [1.82, 2.24) is 9.88 Å². The molecule has 1 aromatic heterocycles. The van der Waals surface area contributed by atoms with Crippen LogP contribution < -0.4 is 5.73 Å². The zero-order chi connectivity index (χ0) is 9.97. The lowest BCUT2D eigenvalue weighted by molar-refractivity contribution is 0.188. The van der Waals surface area contributed by atoms with Crippen LogP contribution in [-0.4, -0.2) is 23.5 Å². The molecule has 0 amide bonds. The molecule has 0 radical (unpaired) electrons. The molecule has 2 heterocycles. The number of likely N-dealkylation sites (tertiary alicyclic amines) is 1. The molecule has 1 aliphatic rings. The number of hydrogen-bond acceptors (Lipinski definition) is 3. The molecular formula is C11H17N3. The van der Waals surface area contributed by atoms with Crippen molar-refractivity contribution in [2.45, 2.75) is 25.3 Å². The zero-order valence-corrected chi connectivity index (χ0v) is 8.61. The van der Waals surface area contributed by atoms with E-state index in [4.69, 9.17) is 5.73 Å². The minimum absolute atomic E-state index is 0.470. The Hall–Kier alpha value is -1.09. The third kappa shape index (κ3) is 1.73. The van der Waals surface area contributed by atoms with Crippen molar-refractivity contribution >= 4 is 5.82 Å². The van der Waals surface area contributed by atoms with E-state index in [0.29, 0.717) is 11.9 Å². The monoisotopic (exact) mass is 191 g/mol. The summed E-state index contributed by atoms with van der Waals surface area (Å²) < 4.78 is 0. The highest BCUT2D eigenvalue weighted by molar-refractivity contribution is 5.40. The second-order valence-corrected chi connectivity index (χ2v) is 3.97. The summed E-state index contributed by atoms with van der Waals surface area (Å²) in [6.45, 7) is 1.17. The van der Waals surface area contributed by atoms with Crippen molar-refractivity contribution in [3.63, 3.8) is 0 Å². The molecule has 1 atom stereocenters. The minimum atomic E-state index is 0.470. The molecule has 1 saturated heterocycles. The summed E-state index contributed by atoms with van der Waals surface area (Å²) in [6, 6.07) is 4.53. The molecule has 0 aromatic carbocycles. The van der Waals surface area contributed by atoms with Crippen LogP contribution in [0.15, 0.2) is 18.3 Å². The summed E-state index contributed by atoms with van der Waals surface area (Å²) in [6.07, 6.45) is 5.55. The van der Waals surface area contributed by atoms with Crippen molar-refractivity contribution in [2.24, 2.45) is 0 Å². The number of hydrogen-bond donors (Lipinski definition) is 1. The fourth-order valence-corrected chi connectivity index (χ4v) is 2.18. The van der Waals surface area contributed by atoms with Crippen LogP contribution in [0.3, 0.4) is 0 Å². The third-order valence-electron chi connectivity index (χ3n) is 3.00. The van der Waals surface area contributed by atoms with Gasteiger partial charge in [0.1, 0.15) is 5.82 Å². The van der Waals surface area contributed by atoms with Gasteiger partial charge < -0.3 is 5.73 Å². The first-order valence-electron chi connectivity index (χ1n) is 5.19. The van der Waals surface area contributed by atoms with E-state index in [2.05, 4.69) is 23.0 Å². The third-order valence-corrected chi connectivity index (χ3v) is 3.00. The van der Waals surface area contributed by atoms with Gasteiger partial charge in [-0.2, -0.15) is 0 Å². The number of nitrogens with zero attached hydrogens (tertiary/aromatic N) is 2. The Morgan fingerprint density at radius 3 is 3.07 bits per heavy atom. The Morgan fingerprint density at radius 1 is 1.50 bits per heavy atom. The highest BCUT2D eigenvalue weighted by atomic mass is 15.1. The Balaban J connectivity index is 2.25. The predicted octanol–water partition coefficient (Wildman–Crippen LogP) is 1.82. The maximum Gasteiger partial charge on any atom is 0.128 e. The summed E-state index contributed by atoms with van der Waals surface area (Å²) in [4.78, 5) is 6.51. The molecule has 2 rings (SSSR count). The molecule has 1 aliphatic heterocycles. The van der Waals surface area contributed by atoms with Gasteiger partial charge in [-0.15, -0.1) is 0 Å². The Morgan fingerprint density at radius 2 is 2.36 bits per heavy atom. The van der Waals surface area contributed by atoms with E-state index in [0.717, 1.165) is 0 Å². The van der Waals surface area contributed by atoms with Crippen LogP contribution in [-0.2, 0) is 0 Å². The van der Waals surface area contributed by atoms with Crippen molar-refractivity contribution < 1.29 is 0 Å². The molecule has 1 fully saturated rings. The predicted molar refractivity (Wildman–Crippen MR) is 57.9 cm³/mol. The number of rotatable bonds is 1. The normalized spacial score (nSPS) is 23.6. The topological polar surface area (TPSA) is 42.2 Å². The lowest BCUT2D eigenvalue weighted by Crippen LogP contribution is -2.30. The number of aromatic nitrogens is 1. The number of piperidine rings is 1. The zero-order valence-electron chi connectivity index (χ0n) is 8.61. The fourth-order valence-electron chi connectivity index (χ4n) is 2.18. The Kier molecular flexibility index (Phi) is 2.68. The second-order valence-electron chi connectivity index (χ2n) is 3.97. The van der Waals surface area contributed by atoms with Gasteiger partial charge in [0, 0.05) is 17.8 Å². The van der Waals surface area contributed by atoms with Gasteiger partial charge in [-0.3, -0.25) is 4.90 Å². The number of anilines is 1. The molecular weight excluding hydrogens is 174 g/mol. The molecule has 14 heavy (non-hydrogen) atoms. The summed E-state index contributed by atoms with van der Waals surface area (Å²) >= 11 is 0. The van der Waals surface area contributed by atoms with Crippen LogP contribution in [0.25, 0.3) is 0 Å². The van der Waals surface area contributed by atoms with Gasteiger partial charge >= 0.3 is 0 Å². The largest absolute Gasteiger partial charge is 0.383 e. The summed E-state index contributed by atoms with van der Waals surface area (Å²) in [5, 5.41) is 0. The first kappa shape index (κ1) is 9.46. The average molecular weight is 191 g/mol. The van der Waals surface area contributed by atoms with Crippen molar-refractivity contribution in [3.8, 4) is 0 Å². The van der Waals surface area contributed by atoms with E-state index in [9.17, 15) is 0 Å². The van der Waals surface area contributed by atoms with Gasteiger partial charge in [-0.25, -0.2) is 4.98 Å². The van der Waals surface area contributed by atoms with Gasteiger partial charge in [0.05, 0.1) is 0 Å². The molecule has 76 valence electrons. The molecule has 1 aromatic rings. The average Bonchev–Trinajstić information content (AvgIpc) is 2.20. The first-order valence-corrected chi connectivity index (χ1v) is 5.19. The SMILES string of the molecule is CN1CCCC[C@@H]1c1cccnc1N. The van der Waals surface area contributed by atoms with E-state index < -0.39 is 0 Å². The van der Waals surface area contributed by atoms with Crippen molar-refractivity contribution in [2.75, 3.05) is 19.3 Å². The summed E-state index contributed by atoms with van der Waals surface area (Å²) in [5.74, 6) is 0.686. The van der Waals surface area contributed by atoms with E-state index in [1.807, 2.05) is 6.07 Å². The first-order chi connectivity index (χ1) is 6.79. The summed E-state index contributed by atoms with van der Waals surface area (Å²) in [5.41, 5.74) is 7.07. The minimum Gasteiger partial charge on any atom is -0.383 e. The smallest absolute Gasteiger partial charge is 0.128 e. The second kappa shape index (κ2) is 3.96. The highest BCUT2D eigenvalue weighted by Crippen LogP contribution is 2.31. The maximum absolute atomic E-state index is 5.88. The van der Waals surface area contributed by atoms with Gasteiger partial charge in [-0.05, 0) is 32.5 Å². The molecule has 0 unspecified atom stereocenters. The van der Waals surface area contributed by atoms with E-state index in [1.54, 1.807) is 6.20 Å². The van der Waals surface area contributed by atoms with Crippen LogP contribution in [0.2, 0.25) is 0 Å². The molecule has 3 nitrogen and oxygen atoms in total. The van der Waals surface area contributed by atoms with Gasteiger partial charge in [-0.1, -0.05) is 12.5 Å². The molecule has 0 spiro atoms. The number of nitrogens with two attached hydrogens (primary N) is 1. The molecule has 2 N–H and O–H groups in total. The molecule has 3 heteroatoms. The lowest BCUT2D eigenvalue weighted by atomic mass is 9.96. The van der Waals surface area contributed by atoms with Crippen molar-refractivity contribution in [1.29, 1.82) is 0 Å². The van der Waals surface area contributed by atoms with E-state index in [1.165, 1.54) is 31.4 Å². The van der Waals surface area contributed by atoms with Crippen LogP contribution in [0.4, 0.5) is 5.82 Å². The standard InChI is InChI=1S/C11H17N3/c1-14-8-3-2-6-10(14)9-5-4-7-13-11(9)12/h4-5,7,10H,2-3,6,8H2,1H3,(H2,12,13)/t10-/m1/s1. The van der Waals surface area contributed by atoms with Crippen LogP contribution in [0.1, 0.15) is 30.9 Å². The van der Waals surface area contributed by atoms with Gasteiger partial charge in [0.25, 0.3) is 0 Å². The summed E-state index contributed by atoms with van der Waals surface area (Å²) in [7, 11) is 2.16. The fraction of sp³-hybridized carbons (Fsp3) is 0.545. The van der Waals surface area contributed by atoms with Crippen LogP contribution in [0.5, 0.6) is 0 Å². The Bertz CT molecular complexity index is 311. The number of nitrogen functional groups attached to an aromatic ring is 1. The quantitative estimate of drug-likeness (QED) is 0.736. The maximum atomic E-state index is 5.88. The lowest BCUT2D eigenvalue weighted by Gasteiger charge is -2.33. The van der Waals surface area contributed by atoms with Crippen molar-refractivity contribution in [3.05, 3.63) is 23.9 Å². The number of pyridine rings is 1. The van der Waals surface area contributed by atoms with E-state index >= 15 is 0 Å². The van der Waals surface area contributed by atoms with Gasteiger partial charge in [0.2, 0.25) is 0 Å². The van der Waals surface area contributed by atoms with E-state index in [-0.39, 0.29) is 0 Å². The molecule has 0 bridgehead atoms. The van der Waals surface area contributed by atoms with Gasteiger partial charge in [0.15, 0.2) is 0 Å². The van der Waals surface area contributed by atoms with Crippen LogP contribution >= 0.6 is 0 Å². The van der Waals surface area contributed by atoms with Crippen LogP contribution in [0, 0.1) is 0 Å². The highest BCUT2D eigenvalue weighted by Gasteiger charge is 2.22.